The predicted octanol–water partition coefficient (Wildman–Crippen LogP) is 0.956. The van der Waals surface area contributed by atoms with E-state index in [9.17, 15) is 9.59 Å². The van der Waals surface area contributed by atoms with Crippen LogP contribution in [0.1, 0.15) is 19.8 Å². The Morgan fingerprint density at radius 3 is 2.72 bits per heavy atom. The molecule has 3 atom stereocenters. The number of nitrogens with zero attached hydrogens (tertiary/aromatic N) is 1. The van der Waals surface area contributed by atoms with Crippen molar-refractivity contribution in [2.24, 2.45) is 5.92 Å². The van der Waals surface area contributed by atoms with E-state index in [1.54, 1.807) is 18.7 Å². The van der Waals surface area contributed by atoms with Crippen LogP contribution in [0, 0.1) is 18.3 Å². The van der Waals surface area contributed by atoms with E-state index in [-0.39, 0.29) is 11.4 Å². The van der Waals surface area contributed by atoms with Gasteiger partial charge in [0.25, 0.3) is 0 Å². The monoisotopic (exact) mass is 268 g/mol. The Bertz CT molecular complexity index is 403. The quantitative estimate of drug-likeness (QED) is 0.748. The Balaban J connectivity index is 2.10. The Morgan fingerprint density at radius 2 is 2.22 bits per heavy atom. The van der Waals surface area contributed by atoms with Crippen molar-refractivity contribution in [1.29, 1.82) is 0 Å². The van der Waals surface area contributed by atoms with Crippen LogP contribution in [0.3, 0.4) is 0 Å². The number of urea groups is 1. The van der Waals surface area contributed by atoms with Crippen molar-refractivity contribution in [3.05, 3.63) is 0 Å². The molecule has 0 aromatic carbocycles. The van der Waals surface area contributed by atoms with Crippen molar-refractivity contribution in [3.63, 3.8) is 0 Å². The molecule has 2 aliphatic rings. The largest absolute Gasteiger partial charge is 0.480 e. The lowest BCUT2D eigenvalue weighted by Crippen LogP contribution is -2.52. The maximum Gasteiger partial charge on any atom is 0.327 e. The zero-order chi connectivity index (χ0) is 13.3. The number of amides is 2. The molecule has 0 aromatic heterocycles. The van der Waals surface area contributed by atoms with Crippen LogP contribution in [0.5, 0.6) is 0 Å². The van der Waals surface area contributed by atoms with Gasteiger partial charge in [-0.25, -0.2) is 9.59 Å². The molecule has 1 aliphatic carbocycles. The van der Waals surface area contributed by atoms with Gasteiger partial charge >= 0.3 is 12.0 Å². The predicted molar refractivity (Wildman–Crippen MR) is 69.1 cm³/mol. The summed E-state index contributed by atoms with van der Waals surface area (Å²) in [5, 5.41) is 11.8. The minimum atomic E-state index is -0.950. The number of carboxylic acids is 1. The third-order valence-electron chi connectivity index (χ3n) is 3.17. The molecule has 0 spiro atoms. The van der Waals surface area contributed by atoms with E-state index in [2.05, 4.69) is 11.2 Å². The van der Waals surface area contributed by atoms with Crippen LogP contribution in [0.2, 0.25) is 0 Å². The van der Waals surface area contributed by atoms with Gasteiger partial charge in [-0.1, -0.05) is 5.92 Å². The Morgan fingerprint density at radius 1 is 1.56 bits per heavy atom. The van der Waals surface area contributed by atoms with Crippen LogP contribution in [-0.2, 0) is 4.79 Å². The molecule has 2 rings (SSSR count). The second kappa shape index (κ2) is 5.11. The van der Waals surface area contributed by atoms with E-state index in [0.717, 1.165) is 12.8 Å². The number of carboxylic acid groups (broad SMARTS) is 1. The van der Waals surface area contributed by atoms with Crippen LogP contribution in [0.25, 0.3) is 0 Å². The first kappa shape index (κ1) is 13.1. The molecule has 3 unspecified atom stereocenters. The fraction of sp³-hybridized carbons (Fsp3) is 0.667. The summed E-state index contributed by atoms with van der Waals surface area (Å²) in [4.78, 5) is 24.8. The summed E-state index contributed by atoms with van der Waals surface area (Å²) in [7, 11) is 0. The van der Waals surface area contributed by atoms with E-state index in [4.69, 9.17) is 11.5 Å². The van der Waals surface area contributed by atoms with E-state index < -0.39 is 18.1 Å². The number of nitrogens with one attached hydrogen (secondary N) is 1. The maximum atomic E-state index is 12.1. The van der Waals surface area contributed by atoms with Crippen molar-refractivity contribution in [1.82, 2.24) is 10.2 Å². The number of aliphatic carboxylic acids is 1. The number of thioether (sulfide) groups is 1. The van der Waals surface area contributed by atoms with Gasteiger partial charge in [0.1, 0.15) is 6.04 Å². The zero-order valence-corrected chi connectivity index (χ0v) is 10.9. The summed E-state index contributed by atoms with van der Waals surface area (Å²) in [6.45, 7) is 1.70. The second-order valence-corrected chi connectivity index (χ2v) is 5.81. The number of carbonyl (C=O) groups excluding carboxylic acids is 1. The summed E-state index contributed by atoms with van der Waals surface area (Å²) in [5.41, 5.74) is 0. The molecule has 1 saturated heterocycles. The molecule has 6 heteroatoms. The first-order chi connectivity index (χ1) is 8.54. The topological polar surface area (TPSA) is 69.6 Å². The lowest BCUT2D eigenvalue weighted by molar-refractivity contribution is -0.141. The van der Waals surface area contributed by atoms with Gasteiger partial charge in [0.15, 0.2) is 0 Å². The number of hydrogen-bond donors (Lipinski definition) is 2. The molecule has 1 heterocycles. The molecule has 5 nitrogen and oxygen atoms in total. The van der Waals surface area contributed by atoms with E-state index in [0.29, 0.717) is 11.7 Å². The van der Waals surface area contributed by atoms with Crippen molar-refractivity contribution in [3.8, 4) is 12.3 Å². The van der Waals surface area contributed by atoms with Gasteiger partial charge in [-0.2, -0.15) is 0 Å². The SMILES string of the molecule is C#CC(C)NC(=O)N1C(C(=O)O)CSC1C1CC1. The summed E-state index contributed by atoms with van der Waals surface area (Å²) in [6.07, 6.45) is 7.35. The Hall–Kier alpha value is -1.35. The van der Waals surface area contributed by atoms with Crippen LogP contribution in [0.4, 0.5) is 4.79 Å². The smallest absolute Gasteiger partial charge is 0.327 e. The van der Waals surface area contributed by atoms with Crippen LogP contribution in [-0.4, -0.2) is 45.2 Å². The van der Waals surface area contributed by atoms with E-state index >= 15 is 0 Å². The average Bonchev–Trinajstić information content (AvgIpc) is 3.06. The molecule has 0 bridgehead atoms. The van der Waals surface area contributed by atoms with Crippen LogP contribution < -0.4 is 5.32 Å². The van der Waals surface area contributed by atoms with Gasteiger partial charge in [0.05, 0.1) is 11.4 Å². The van der Waals surface area contributed by atoms with Gasteiger partial charge in [-0.3, -0.25) is 4.90 Å². The molecule has 0 aromatic rings. The second-order valence-electron chi connectivity index (χ2n) is 4.66. The summed E-state index contributed by atoms with van der Waals surface area (Å²) < 4.78 is 0. The summed E-state index contributed by atoms with van der Waals surface area (Å²) in [5.74, 6) is 2.35. The third-order valence-corrected chi connectivity index (χ3v) is 4.63. The summed E-state index contributed by atoms with van der Waals surface area (Å²) >= 11 is 1.55. The highest BCUT2D eigenvalue weighted by Gasteiger charge is 2.48. The fourth-order valence-corrected chi connectivity index (χ4v) is 3.65. The number of carbonyl (C=O) groups is 2. The Kier molecular flexibility index (Phi) is 3.71. The molecule has 2 amide bonds. The van der Waals surface area contributed by atoms with Gasteiger partial charge < -0.3 is 10.4 Å². The summed E-state index contributed by atoms with van der Waals surface area (Å²) in [6, 6.07) is -1.50. The molecule has 1 saturated carbocycles. The number of terminal acetylenes is 1. The van der Waals surface area contributed by atoms with Crippen molar-refractivity contribution < 1.29 is 14.7 Å². The molecule has 18 heavy (non-hydrogen) atoms. The van der Waals surface area contributed by atoms with Crippen LogP contribution in [0.15, 0.2) is 0 Å². The maximum absolute atomic E-state index is 12.1. The molecular weight excluding hydrogens is 252 g/mol. The van der Waals surface area contributed by atoms with Crippen molar-refractivity contribution >= 4 is 23.8 Å². The lowest BCUT2D eigenvalue weighted by atomic mass is 10.2. The standard InChI is InChI=1S/C12H16N2O3S/c1-3-7(2)13-12(17)14-9(11(15)16)6-18-10(14)8-4-5-8/h1,7-10H,4-6H2,2H3,(H,13,17)(H,15,16). The van der Waals surface area contributed by atoms with Crippen LogP contribution >= 0.6 is 11.8 Å². The Labute approximate surface area is 110 Å². The highest BCUT2D eigenvalue weighted by molar-refractivity contribution is 8.00. The van der Waals surface area contributed by atoms with E-state index in [1.165, 1.54) is 4.90 Å². The first-order valence-corrected chi connectivity index (χ1v) is 6.99. The fourth-order valence-electron chi connectivity index (χ4n) is 2.02. The van der Waals surface area contributed by atoms with Crippen molar-refractivity contribution in [2.75, 3.05) is 5.75 Å². The minimum absolute atomic E-state index is 0.0175. The van der Waals surface area contributed by atoms with E-state index in [1.807, 2.05) is 0 Å². The van der Waals surface area contributed by atoms with Gasteiger partial charge in [-0.05, 0) is 25.7 Å². The molecular formula is C12H16N2O3S. The molecule has 2 fully saturated rings. The average molecular weight is 268 g/mol. The van der Waals surface area contributed by atoms with Crippen molar-refractivity contribution in [2.45, 2.75) is 37.2 Å². The minimum Gasteiger partial charge on any atom is -0.480 e. The number of hydrogen-bond acceptors (Lipinski definition) is 3. The van der Waals surface area contributed by atoms with Gasteiger partial charge in [-0.15, -0.1) is 18.2 Å². The molecule has 0 radical (unpaired) electrons. The normalized spacial score (nSPS) is 28.6. The van der Waals surface area contributed by atoms with Gasteiger partial charge in [0.2, 0.25) is 0 Å². The lowest BCUT2D eigenvalue weighted by Gasteiger charge is -2.28. The first-order valence-electron chi connectivity index (χ1n) is 5.94. The van der Waals surface area contributed by atoms with Gasteiger partial charge in [0, 0.05) is 5.75 Å². The molecule has 98 valence electrons. The zero-order valence-electron chi connectivity index (χ0n) is 10.1. The molecule has 2 N–H and O–H groups in total. The number of rotatable bonds is 3. The highest BCUT2D eigenvalue weighted by Crippen LogP contribution is 2.45. The highest BCUT2D eigenvalue weighted by atomic mass is 32.2. The third kappa shape index (κ3) is 2.56. The molecule has 1 aliphatic heterocycles.